The van der Waals surface area contributed by atoms with Gasteiger partial charge in [0.25, 0.3) is 0 Å². The summed E-state index contributed by atoms with van der Waals surface area (Å²) >= 11 is 5.99. The lowest BCUT2D eigenvalue weighted by atomic mass is 10.1. The molecule has 0 aromatic carbocycles. The molecule has 1 aliphatic rings. The largest absolute Gasteiger partial charge is 0.465 e. The van der Waals surface area contributed by atoms with E-state index in [-0.39, 0.29) is 0 Å². The van der Waals surface area contributed by atoms with Crippen LogP contribution in [0.5, 0.6) is 0 Å². The van der Waals surface area contributed by atoms with E-state index in [2.05, 4.69) is 9.97 Å². The lowest BCUT2D eigenvalue weighted by Crippen LogP contribution is -2.62. The van der Waals surface area contributed by atoms with Crippen molar-refractivity contribution in [2.24, 2.45) is 0 Å². The van der Waals surface area contributed by atoms with Gasteiger partial charge in [0.15, 0.2) is 0 Å². The molecule has 25 heavy (non-hydrogen) atoms. The first kappa shape index (κ1) is 17.6. The molecule has 2 aromatic heterocycles. The van der Waals surface area contributed by atoms with Crippen molar-refractivity contribution in [1.29, 1.82) is 0 Å². The van der Waals surface area contributed by atoms with Gasteiger partial charge in [-0.15, -0.1) is 0 Å². The standard InChI is InChI=1S/C18H21ClN4O2/c1-14-3-2-4-16(21-14)7-10-23(17-6-5-15(19)13-20-17)11-8-22(9-12-23)18(24)25/h2-6,13H,7-12H2,1H3/p+1. The smallest absolute Gasteiger partial charge is 0.407 e. The van der Waals surface area contributed by atoms with Crippen molar-refractivity contribution < 1.29 is 9.90 Å². The molecule has 2 aromatic rings. The molecule has 1 aliphatic heterocycles. The van der Waals surface area contributed by atoms with Crippen molar-refractivity contribution in [1.82, 2.24) is 19.4 Å². The minimum atomic E-state index is -0.859. The quantitative estimate of drug-likeness (QED) is 0.850. The third-order valence-electron chi connectivity index (χ3n) is 4.81. The van der Waals surface area contributed by atoms with Gasteiger partial charge < -0.3 is 5.11 Å². The molecule has 7 heteroatoms. The summed E-state index contributed by atoms with van der Waals surface area (Å²) in [5.41, 5.74) is 2.05. The summed E-state index contributed by atoms with van der Waals surface area (Å²) in [6, 6.07) is 9.83. The highest BCUT2D eigenvalue weighted by Gasteiger charge is 2.37. The van der Waals surface area contributed by atoms with E-state index in [1.54, 1.807) is 6.20 Å². The second kappa shape index (κ2) is 7.37. The van der Waals surface area contributed by atoms with Gasteiger partial charge in [0.2, 0.25) is 5.82 Å². The maximum atomic E-state index is 11.2. The molecule has 6 nitrogen and oxygen atoms in total. The van der Waals surface area contributed by atoms with Crippen LogP contribution in [0.2, 0.25) is 5.02 Å². The minimum absolute atomic E-state index is 0.501. The van der Waals surface area contributed by atoms with Crippen LogP contribution in [0.3, 0.4) is 0 Å². The number of aromatic nitrogens is 2. The summed E-state index contributed by atoms with van der Waals surface area (Å²) in [6.45, 7) is 5.22. The van der Waals surface area contributed by atoms with Gasteiger partial charge in [0.05, 0.1) is 30.9 Å². The average molecular weight is 362 g/mol. The zero-order valence-electron chi connectivity index (χ0n) is 14.2. The van der Waals surface area contributed by atoms with E-state index in [9.17, 15) is 9.90 Å². The molecular weight excluding hydrogens is 340 g/mol. The Morgan fingerprint density at radius 1 is 1.28 bits per heavy atom. The number of quaternary nitrogens is 1. The van der Waals surface area contributed by atoms with Crippen LogP contribution in [0.25, 0.3) is 0 Å². The molecule has 1 N–H and O–H groups in total. The van der Waals surface area contributed by atoms with Crippen LogP contribution in [0, 0.1) is 6.92 Å². The van der Waals surface area contributed by atoms with E-state index >= 15 is 0 Å². The molecule has 0 bridgehead atoms. The fraction of sp³-hybridized carbons (Fsp3) is 0.389. The molecule has 1 fully saturated rings. The molecule has 1 amide bonds. The number of halogens is 1. The SMILES string of the molecule is Cc1cccc(CC[N+]2(c3ccc(Cl)cn3)CCN(C(=O)O)CC2)n1. The molecule has 0 unspecified atom stereocenters. The Hall–Kier alpha value is -2.18. The van der Waals surface area contributed by atoms with Crippen molar-refractivity contribution in [3.63, 3.8) is 0 Å². The molecule has 1 saturated heterocycles. The third kappa shape index (κ3) is 4.08. The van der Waals surface area contributed by atoms with Gasteiger partial charge in [-0.05, 0) is 25.1 Å². The van der Waals surface area contributed by atoms with E-state index in [0.29, 0.717) is 35.7 Å². The average Bonchev–Trinajstić information content (AvgIpc) is 2.61. The monoisotopic (exact) mass is 361 g/mol. The van der Waals surface area contributed by atoms with Crippen molar-refractivity contribution in [3.05, 3.63) is 52.9 Å². The number of hydrogen-bond acceptors (Lipinski definition) is 3. The van der Waals surface area contributed by atoms with E-state index in [1.165, 1.54) is 4.90 Å². The Kier molecular flexibility index (Phi) is 5.20. The van der Waals surface area contributed by atoms with Gasteiger partial charge in [-0.1, -0.05) is 17.7 Å². The molecule has 0 radical (unpaired) electrons. The number of carboxylic acid groups (broad SMARTS) is 1. The first-order valence-corrected chi connectivity index (χ1v) is 8.75. The van der Waals surface area contributed by atoms with Crippen molar-refractivity contribution in [2.75, 3.05) is 32.7 Å². The molecule has 0 aliphatic carbocycles. The predicted octanol–water partition coefficient (Wildman–Crippen LogP) is 2.98. The summed E-state index contributed by atoms with van der Waals surface area (Å²) < 4.78 is 0.649. The van der Waals surface area contributed by atoms with Crippen LogP contribution in [0.1, 0.15) is 11.4 Å². The number of pyridine rings is 2. The number of aryl methyl sites for hydroxylation is 1. The molecule has 3 rings (SSSR count). The Morgan fingerprint density at radius 2 is 2.04 bits per heavy atom. The van der Waals surface area contributed by atoms with Crippen LogP contribution in [-0.2, 0) is 6.42 Å². The zero-order chi connectivity index (χ0) is 17.9. The second-order valence-corrected chi connectivity index (χ2v) is 6.88. The van der Waals surface area contributed by atoms with Crippen molar-refractivity contribution >= 4 is 23.5 Å². The lowest BCUT2D eigenvalue weighted by Gasteiger charge is -2.42. The molecule has 0 spiro atoms. The van der Waals surface area contributed by atoms with Crippen molar-refractivity contribution in [2.45, 2.75) is 13.3 Å². The topological polar surface area (TPSA) is 66.3 Å². The fourth-order valence-corrected chi connectivity index (χ4v) is 3.43. The van der Waals surface area contributed by atoms with Gasteiger partial charge in [-0.2, -0.15) is 0 Å². The van der Waals surface area contributed by atoms with Crippen LogP contribution < -0.4 is 4.48 Å². The number of carbonyl (C=O) groups is 1. The van der Waals surface area contributed by atoms with Crippen LogP contribution in [0.15, 0.2) is 36.5 Å². The number of rotatable bonds is 4. The Bertz CT molecular complexity index is 743. The van der Waals surface area contributed by atoms with E-state index in [1.807, 2.05) is 37.3 Å². The molecule has 0 saturated carbocycles. The first-order chi connectivity index (χ1) is 12.0. The first-order valence-electron chi connectivity index (χ1n) is 8.37. The Labute approximate surface area is 152 Å². The summed E-state index contributed by atoms with van der Waals surface area (Å²) in [5.74, 6) is 0.932. The Balaban J connectivity index is 1.82. The normalized spacial score (nSPS) is 16.6. The summed E-state index contributed by atoms with van der Waals surface area (Å²) in [5, 5.41) is 9.83. The number of hydrogen-bond donors (Lipinski definition) is 1. The van der Waals surface area contributed by atoms with Gasteiger partial charge in [0.1, 0.15) is 13.1 Å². The van der Waals surface area contributed by atoms with Crippen LogP contribution in [-0.4, -0.2) is 58.8 Å². The number of piperazine rings is 1. The van der Waals surface area contributed by atoms with Crippen molar-refractivity contribution in [3.8, 4) is 0 Å². The third-order valence-corrected chi connectivity index (χ3v) is 5.03. The Morgan fingerprint density at radius 3 is 2.64 bits per heavy atom. The van der Waals surface area contributed by atoms with Gasteiger partial charge >= 0.3 is 6.09 Å². The highest BCUT2D eigenvalue weighted by molar-refractivity contribution is 6.30. The number of nitrogens with zero attached hydrogens (tertiary/aromatic N) is 4. The minimum Gasteiger partial charge on any atom is -0.465 e. The zero-order valence-corrected chi connectivity index (χ0v) is 15.0. The molecule has 3 heterocycles. The van der Waals surface area contributed by atoms with E-state index in [4.69, 9.17) is 11.6 Å². The lowest BCUT2D eigenvalue weighted by molar-refractivity contribution is 0.106. The maximum Gasteiger partial charge on any atom is 0.407 e. The van der Waals surface area contributed by atoms with Gasteiger partial charge in [0, 0.05) is 23.9 Å². The van der Waals surface area contributed by atoms with Crippen LogP contribution in [0.4, 0.5) is 10.6 Å². The fourth-order valence-electron chi connectivity index (χ4n) is 3.32. The summed E-state index contributed by atoms with van der Waals surface area (Å²) in [6.07, 6.45) is 1.62. The molecule has 132 valence electrons. The molecule has 0 atom stereocenters. The van der Waals surface area contributed by atoms with E-state index in [0.717, 1.165) is 30.2 Å². The van der Waals surface area contributed by atoms with Gasteiger partial charge in [-0.25, -0.2) is 9.78 Å². The highest BCUT2D eigenvalue weighted by atomic mass is 35.5. The highest BCUT2D eigenvalue weighted by Crippen LogP contribution is 2.25. The summed E-state index contributed by atoms with van der Waals surface area (Å²) in [4.78, 5) is 21.8. The van der Waals surface area contributed by atoms with E-state index < -0.39 is 6.09 Å². The molecular formula is C18H22ClN4O2+. The van der Waals surface area contributed by atoms with Gasteiger partial charge in [-0.3, -0.25) is 14.4 Å². The van der Waals surface area contributed by atoms with Crippen LogP contribution >= 0.6 is 11.6 Å². The second-order valence-electron chi connectivity index (χ2n) is 6.44. The summed E-state index contributed by atoms with van der Waals surface area (Å²) in [7, 11) is 0. The maximum absolute atomic E-state index is 11.2. The predicted molar refractivity (Wildman–Crippen MR) is 97.9 cm³/mol. The number of amides is 1.